The van der Waals surface area contributed by atoms with Crippen molar-refractivity contribution in [1.29, 1.82) is 0 Å². The molecule has 0 aromatic heterocycles. The largest absolute Gasteiger partial charge is 0.507 e. The molecule has 0 spiro atoms. The highest BCUT2D eigenvalue weighted by atomic mass is 31.1. The number of aromatic hydroxyl groups is 1. The Morgan fingerprint density at radius 2 is 2.00 bits per heavy atom. The van der Waals surface area contributed by atoms with E-state index in [0.717, 1.165) is 11.1 Å². The molecule has 0 saturated heterocycles. The number of carboxylic acids is 1. The molecule has 0 aliphatic rings. The van der Waals surface area contributed by atoms with Gasteiger partial charge in [-0.15, -0.1) is 0 Å². The molecule has 23 heavy (non-hydrogen) atoms. The van der Waals surface area contributed by atoms with Gasteiger partial charge in [0.05, 0.1) is 6.61 Å². The van der Waals surface area contributed by atoms with Gasteiger partial charge in [-0.1, -0.05) is 12.1 Å². The molecule has 1 rings (SSSR count). The minimum atomic E-state index is -0.825. The molecule has 5 N–H and O–H groups in total. The summed E-state index contributed by atoms with van der Waals surface area (Å²) in [6, 6.07) is 3.58. The smallest absolute Gasteiger partial charge is 0.327 e. The molecule has 0 heterocycles. The molecule has 130 valence electrons. The van der Waals surface area contributed by atoms with Gasteiger partial charge in [-0.25, -0.2) is 4.57 Å². The van der Waals surface area contributed by atoms with E-state index >= 15 is 0 Å². The summed E-state index contributed by atoms with van der Waals surface area (Å²) in [5, 5.41) is 35.9. The predicted molar refractivity (Wildman–Crippen MR) is 83.1 cm³/mol. The number of benzene rings is 1. The molecule has 8 nitrogen and oxygen atoms in total. The van der Waals surface area contributed by atoms with Crippen LogP contribution in [0.1, 0.15) is 29.5 Å². The lowest BCUT2D eigenvalue weighted by molar-refractivity contribution is -0.137. The maximum atomic E-state index is 10.4. The third kappa shape index (κ3) is 9.22. The van der Waals surface area contributed by atoms with E-state index in [1.54, 1.807) is 13.0 Å². The lowest BCUT2D eigenvalue weighted by atomic mass is 10.0. The number of hydrogen-bond donors (Lipinski definition) is 5. The zero-order valence-corrected chi connectivity index (χ0v) is 13.8. The molecule has 0 saturated carbocycles. The number of aryl methyl sites for hydroxylation is 1. The average molecular weight is 347 g/mol. The Hall–Kier alpha value is -1.57. The molecule has 9 heteroatoms. The number of phenolic OH excluding ortho intramolecular Hbond substituents is 1. The standard InChI is InChI=1S/C13H18NO5P.CH4O2/c1-9-4-5-10(8-19-20-18)11(13(9)17)7-14-6-2-3-12(15)16;2-1-3/h4-5,14,17H,2-3,6-8H2,1H3,(H,15,16);2-3H,1H2. The number of aliphatic hydroxyl groups excluding tert-OH is 1. The Balaban J connectivity index is 0.00000149. The van der Waals surface area contributed by atoms with Crippen molar-refractivity contribution < 1.29 is 34.3 Å². The van der Waals surface area contributed by atoms with Crippen LogP contribution in [0.25, 0.3) is 0 Å². The van der Waals surface area contributed by atoms with E-state index < -0.39 is 21.4 Å². The van der Waals surface area contributed by atoms with Crippen LogP contribution in [-0.2, 0) is 27.0 Å². The van der Waals surface area contributed by atoms with E-state index in [2.05, 4.69) is 5.32 Å². The second-order valence-corrected chi connectivity index (χ2v) is 4.94. The first-order valence-electron chi connectivity index (χ1n) is 6.87. The number of hydrogen-bond acceptors (Lipinski definition) is 7. The van der Waals surface area contributed by atoms with Crippen molar-refractivity contribution in [2.75, 3.05) is 13.3 Å². The summed E-state index contributed by atoms with van der Waals surface area (Å²) in [5.41, 5.74) is 2.18. The van der Waals surface area contributed by atoms with Crippen LogP contribution in [-0.4, -0.2) is 39.7 Å². The molecule has 0 radical (unpaired) electrons. The summed E-state index contributed by atoms with van der Waals surface area (Å²) in [4.78, 5) is 10.4. The Kier molecular flexibility index (Phi) is 12.0. The fraction of sp³-hybridized carbons (Fsp3) is 0.500. The van der Waals surface area contributed by atoms with Crippen LogP contribution in [0, 0.1) is 6.92 Å². The molecule has 0 aliphatic heterocycles. The van der Waals surface area contributed by atoms with Gasteiger partial charge in [-0.2, -0.15) is 0 Å². The van der Waals surface area contributed by atoms with Crippen molar-refractivity contribution in [2.24, 2.45) is 0 Å². The maximum absolute atomic E-state index is 10.4. The first-order chi connectivity index (χ1) is 11.0. The number of nitrogens with one attached hydrogen (secondary N) is 1. The van der Waals surface area contributed by atoms with Gasteiger partial charge >= 0.3 is 14.7 Å². The molecule has 0 bridgehead atoms. The van der Waals surface area contributed by atoms with Gasteiger partial charge in [-0.05, 0) is 31.0 Å². The molecule has 0 unspecified atom stereocenters. The summed E-state index contributed by atoms with van der Waals surface area (Å²) in [6.45, 7) is 2.13. The van der Waals surface area contributed by atoms with E-state index in [0.29, 0.717) is 25.1 Å². The maximum Gasteiger partial charge on any atom is 0.327 e. The van der Waals surface area contributed by atoms with Gasteiger partial charge in [0.25, 0.3) is 0 Å². The molecule has 0 fully saturated rings. The third-order valence-corrected chi connectivity index (χ3v) is 3.13. The molecule has 1 aromatic rings. The van der Waals surface area contributed by atoms with Crippen LogP contribution in [0.15, 0.2) is 12.1 Å². The third-order valence-electron chi connectivity index (χ3n) is 2.90. The molecular formula is C14H22NO7P. The monoisotopic (exact) mass is 347 g/mol. The zero-order valence-electron chi connectivity index (χ0n) is 12.9. The Bertz CT molecular complexity index is 496. The van der Waals surface area contributed by atoms with Crippen LogP contribution >= 0.6 is 8.69 Å². The summed E-state index contributed by atoms with van der Waals surface area (Å²) in [7, 11) is -0.406. The van der Waals surface area contributed by atoms with Gasteiger partial charge < -0.3 is 25.7 Å². The molecule has 1 aromatic carbocycles. The number of phenols is 1. The van der Waals surface area contributed by atoms with Gasteiger partial charge in [-0.3, -0.25) is 9.32 Å². The number of aliphatic hydroxyl groups is 2. The lowest BCUT2D eigenvalue weighted by Gasteiger charge is -2.13. The molecular weight excluding hydrogens is 325 g/mol. The number of aliphatic carboxylic acids is 1. The lowest BCUT2D eigenvalue weighted by Crippen LogP contribution is -2.17. The SMILES string of the molecule is Cc1ccc(COP=O)c(CNCCCC(=O)O)c1O.OCO. The predicted octanol–water partition coefficient (Wildman–Crippen LogP) is 1.31. The summed E-state index contributed by atoms with van der Waals surface area (Å²) in [6.07, 6.45) is 0.630. The number of carboxylic acid groups (broad SMARTS) is 1. The van der Waals surface area contributed by atoms with E-state index in [1.807, 2.05) is 6.07 Å². The Morgan fingerprint density at radius 1 is 1.35 bits per heavy atom. The van der Waals surface area contributed by atoms with Crippen LogP contribution in [0.3, 0.4) is 0 Å². The first-order valence-corrected chi connectivity index (χ1v) is 7.60. The summed E-state index contributed by atoms with van der Waals surface area (Å²) in [5.74, 6) is -0.645. The highest BCUT2D eigenvalue weighted by Gasteiger charge is 2.10. The van der Waals surface area contributed by atoms with Crippen molar-refractivity contribution in [3.05, 3.63) is 28.8 Å². The van der Waals surface area contributed by atoms with Gasteiger partial charge in [0, 0.05) is 18.5 Å². The van der Waals surface area contributed by atoms with E-state index in [9.17, 15) is 14.5 Å². The molecule has 0 amide bonds. The van der Waals surface area contributed by atoms with Crippen molar-refractivity contribution >= 4 is 14.7 Å². The Morgan fingerprint density at radius 3 is 2.57 bits per heavy atom. The van der Waals surface area contributed by atoms with Crippen LogP contribution in [0.4, 0.5) is 0 Å². The fourth-order valence-corrected chi connectivity index (χ4v) is 1.99. The second-order valence-electron chi connectivity index (χ2n) is 4.53. The normalized spacial score (nSPS) is 10.2. The van der Waals surface area contributed by atoms with Crippen molar-refractivity contribution in [3.63, 3.8) is 0 Å². The number of carbonyl (C=O) groups is 1. The Labute approximate surface area is 136 Å². The minimum Gasteiger partial charge on any atom is -0.507 e. The zero-order chi connectivity index (χ0) is 17.7. The quantitative estimate of drug-likeness (QED) is 0.256. The topological polar surface area (TPSA) is 136 Å². The summed E-state index contributed by atoms with van der Waals surface area (Å²) < 4.78 is 15.2. The molecule has 0 aliphatic carbocycles. The van der Waals surface area contributed by atoms with Crippen LogP contribution in [0.2, 0.25) is 0 Å². The van der Waals surface area contributed by atoms with Gasteiger partial charge in [0.1, 0.15) is 12.5 Å². The van der Waals surface area contributed by atoms with Gasteiger partial charge in [0.2, 0.25) is 0 Å². The fourth-order valence-electron chi connectivity index (χ4n) is 1.80. The first kappa shape index (κ1) is 21.4. The van der Waals surface area contributed by atoms with Crippen molar-refractivity contribution in [3.8, 4) is 5.75 Å². The molecule has 0 atom stereocenters. The van der Waals surface area contributed by atoms with E-state index in [4.69, 9.17) is 19.8 Å². The average Bonchev–Trinajstić information content (AvgIpc) is 2.50. The van der Waals surface area contributed by atoms with Crippen molar-refractivity contribution in [1.82, 2.24) is 5.32 Å². The number of rotatable bonds is 9. The second kappa shape index (κ2) is 12.9. The highest BCUT2D eigenvalue weighted by Crippen LogP contribution is 2.26. The van der Waals surface area contributed by atoms with E-state index in [-0.39, 0.29) is 18.8 Å². The van der Waals surface area contributed by atoms with Crippen molar-refractivity contribution in [2.45, 2.75) is 32.9 Å². The van der Waals surface area contributed by atoms with Gasteiger partial charge in [0.15, 0.2) is 0 Å². The minimum absolute atomic E-state index is 0.109. The van der Waals surface area contributed by atoms with Crippen LogP contribution < -0.4 is 5.32 Å². The summed E-state index contributed by atoms with van der Waals surface area (Å²) >= 11 is 0. The van der Waals surface area contributed by atoms with Crippen LogP contribution in [0.5, 0.6) is 5.75 Å². The van der Waals surface area contributed by atoms with E-state index in [1.165, 1.54) is 0 Å². The highest BCUT2D eigenvalue weighted by molar-refractivity contribution is 7.17.